The van der Waals surface area contributed by atoms with Gasteiger partial charge >= 0.3 is 30.5 Å². The zero-order valence-corrected chi connectivity index (χ0v) is 27.7. The van der Waals surface area contributed by atoms with Crippen LogP contribution in [0.1, 0.15) is 48.0 Å². The summed E-state index contributed by atoms with van der Waals surface area (Å²) in [6, 6.07) is 0. The van der Waals surface area contributed by atoms with E-state index in [1.54, 1.807) is 13.8 Å². The molecule has 0 spiro atoms. The smallest absolute Gasteiger partial charge is 0.436 e. The molecule has 3 aromatic heterocycles. The summed E-state index contributed by atoms with van der Waals surface area (Å²) in [6.45, 7) is 5.46. The number of aromatic nitrogens is 6. The minimum atomic E-state index is -4.66. The van der Waals surface area contributed by atoms with Crippen LogP contribution in [0.2, 0.25) is 15.1 Å². The Kier molecular flexibility index (Phi) is 15.2. The molecular formula is C23H23BrCl3F9N6O4. The van der Waals surface area contributed by atoms with E-state index in [1.807, 2.05) is 0 Å². The predicted molar refractivity (Wildman–Crippen MR) is 148 cm³/mol. The lowest BCUT2D eigenvalue weighted by Gasteiger charge is -2.04. The van der Waals surface area contributed by atoms with Gasteiger partial charge in [0.15, 0.2) is 17.1 Å². The van der Waals surface area contributed by atoms with Crippen molar-refractivity contribution in [1.82, 2.24) is 29.8 Å². The van der Waals surface area contributed by atoms with Crippen LogP contribution in [0.3, 0.4) is 0 Å². The van der Waals surface area contributed by atoms with Crippen LogP contribution in [-0.4, -0.2) is 54.9 Å². The molecule has 3 heterocycles. The fourth-order valence-corrected chi connectivity index (χ4v) is 4.51. The molecule has 0 fully saturated rings. The predicted octanol–water partition coefficient (Wildman–Crippen LogP) is 7.83. The third kappa shape index (κ3) is 11.5. The van der Waals surface area contributed by atoms with E-state index < -0.39 is 70.7 Å². The Morgan fingerprint density at radius 1 is 0.739 bits per heavy atom. The van der Waals surface area contributed by atoms with Gasteiger partial charge < -0.3 is 9.47 Å². The molecule has 46 heavy (non-hydrogen) atoms. The van der Waals surface area contributed by atoms with Crippen molar-refractivity contribution in [3.63, 3.8) is 0 Å². The summed E-state index contributed by atoms with van der Waals surface area (Å²) in [5, 5.41) is 10.4. The van der Waals surface area contributed by atoms with Crippen LogP contribution in [0.25, 0.3) is 0 Å². The highest BCUT2D eigenvalue weighted by Crippen LogP contribution is 2.37. The molecule has 0 aliphatic rings. The summed E-state index contributed by atoms with van der Waals surface area (Å²) in [5.74, 6) is -1.34. The summed E-state index contributed by atoms with van der Waals surface area (Å²) in [4.78, 5) is 22.4. The molecule has 0 bridgehead atoms. The van der Waals surface area contributed by atoms with Crippen LogP contribution in [0.15, 0.2) is 0 Å². The summed E-state index contributed by atoms with van der Waals surface area (Å²) >= 11 is 19.4. The molecule has 0 aliphatic heterocycles. The number of ether oxygens (including phenoxy) is 2. The number of hydrogen-bond donors (Lipinski definition) is 1. The number of H-pyrrole nitrogens is 1. The quantitative estimate of drug-likeness (QED) is 0.147. The first-order chi connectivity index (χ1) is 21.0. The first-order valence-electron chi connectivity index (χ1n) is 12.3. The number of aryl methyl sites for hydroxylation is 1. The van der Waals surface area contributed by atoms with Gasteiger partial charge in [-0.2, -0.15) is 54.8 Å². The van der Waals surface area contributed by atoms with E-state index in [9.17, 15) is 49.1 Å². The van der Waals surface area contributed by atoms with Crippen LogP contribution in [0, 0.1) is 13.8 Å². The summed E-state index contributed by atoms with van der Waals surface area (Å²) in [5.41, 5.74) is -3.08. The average Bonchev–Trinajstić information content (AvgIpc) is 3.52. The van der Waals surface area contributed by atoms with E-state index in [-0.39, 0.29) is 40.6 Å². The van der Waals surface area contributed by atoms with Gasteiger partial charge in [0.2, 0.25) is 0 Å². The molecule has 1 N–H and O–H groups in total. The lowest BCUT2D eigenvalue weighted by Crippen LogP contribution is -2.17. The van der Waals surface area contributed by atoms with Gasteiger partial charge in [0.25, 0.3) is 0 Å². The minimum Gasteiger partial charge on any atom is -0.465 e. The second kappa shape index (κ2) is 16.9. The number of alkyl halides is 10. The third-order valence-electron chi connectivity index (χ3n) is 5.10. The standard InChI is InChI=1S/C9H9BrClF3N2O2.C9H10ClF3N2O2.C5H4ClF3N2/c1-2-18-6(17)4-16-5(3-10)7(11)8(15-16)9(12,13)14;1-3-17-6(16)4-15-5(2)7(10)8(14-15)9(11,12)13;1-2-3(6)4(11-10-2)5(7,8)9/h2-4H2,1H3;3-4H2,1-2H3;1H3,(H,10,11). The van der Waals surface area contributed by atoms with Gasteiger partial charge in [-0.25, -0.2) is 0 Å². The van der Waals surface area contributed by atoms with Gasteiger partial charge in [-0.05, 0) is 27.7 Å². The van der Waals surface area contributed by atoms with E-state index >= 15 is 0 Å². The lowest BCUT2D eigenvalue weighted by atomic mass is 10.3. The van der Waals surface area contributed by atoms with Crippen LogP contribution >= 0.6 is 50.7 Å². The molecule has 0 radical (unpaired) electrons. The van der Waals surface area contributed by atoms with E-state index in [4.69, 9.17) is 34.8 Å². The van der Waals surface area contributed by atoms with Crippen molar-refractivity contribution in [3.8, 4) is 0 Å². The van der Waals surface area contributed by atoms with Crippen molar-refractivity contribution in [2.75, 3.05) is 13.2 Å². The highest BCUT2D eigenvalue weighted by atomic mass is 79.9. The lowest BCUT2D eigenvalue weighted by molar-refractivity contribution is -0.146. The molecule has 0 aromatic carbocycles. The molecule has 23 heteroatoms. The van der Waals surface area contributed by atoms with Crippen LogP contribution < -0.4 is 0 Å². The molecule has 10 nitrogen and oxygen atoms in total. The van der Waals surface area contributed by atoms with Gasteiger partial charge in [-0.15, -0.1) is 0 Å². The molecule has 0 saturated heterocycles. The Morgan fingerprint density at radius 2 is 1.15 bits per heavy atom. The van der Waals surface area contributed by atoms with Gasteiger partial charge in [0, 0.05) is 5.33 Å². The van der Waals surface area contributed by atoms with Crippen LogP contribution in [0.5, 0.6) is 0 Å². The first-order valence-corrected chi connectivity index (χ1v) is 14.5. The Bertz CT molecular complexity index is 1490. The maximum absolute atomic E-state index is 12.6. The zero-order valence-electron chi connectivity index (χ0n) is 23.8. The molecule has 260 valence electrons. The van der Waals surface area contributed by atoms with Crippen molar-refractivity contribution < 1.29 is 58.6 Å². The van der Waals surface area contributed by atoms with Crippen LogP contribution in [0.4, 0.5) is 39.5 Å². The topological polar surface area (TPSA) is 117 Å². The second-order valence-corrected chi connectivity index (χ2v) is 10.1. The Hall–Kier alpha value is -2.71. The first kappa shape index (κ1) is 41.3. The number of aromatic amines is 1. The molecule has 0 atom stereocenters. The minimum absolute atomic E-state index is 0.0499. The SMILES string of the molecule is CCOC(=O)Cn1nc(C(F)(F)F)c(Cl)c1C.CCOC(=O)Cn1nc(C(F)(F)F)c(Cl)c1CBr.Cc1[nH]nc(C(F)(F)F)c1Cl. The number of carbonyl (C=O) groups excluding carboxylic acids is 2. The highest BCUT2D eigenvalue weighted by Gasteiger charge is 2.40. The summed E-state index contributed by atoms with van der Waals surface area (Å²) < 4.78 is 122. The Labute approximate surface area is 277 Å². The van der Waals surface area contributed by atoms with Crippen molar-refractivity contribution in [2.45, 2.75) is 64.6 Å². The van der Waals surface area contributed by atoms with Gasteiger partial charge in [0.1, 0.15) is 13.1 Å². The summed E-state index contributed by atoms with van der Waals surface area (Å²) in [6.07, 6.45) is -13.8. The molecule has 0 amide bonds. The fraction of sp³-hybridized carbons (Fsp3) is 0.522. The number of rotatable bonds is 7. The third-order valence-corrected chi connectivity index (χ3v) is 6.94. The fourth-order valence-electron chi connectivity index (χ4n) is 3.04. The van der Waals surface area contributed by atoms with Crippen molar-refractivity contribution >= 4 is 62.7 Å². The number of hydrogen-bond acceptors (Lipinski definition) is 7. The number of nitrogens with zero attached hydrogens (tertiary/aromatic N) is 5. The average molecular weight is 805 g/mol. The van der Waals surface area contributed by atoms with E-state index in [2.05, 4.69) is 45.8 Å². The number of carbonyl (C=O) groups is 2. The van der Waals surface area contributed by atoms with Gasteiger partial charge in [-0.1, -0.05) is 50.7 Å². The molecular weight excluding hydrogens is 782 g/mol. The number of halogens is 13. The maximum Gasteiger partial charge on any atom is 0.436 e. The largest absolute Gasteiger partial charge is 0.465 e. The van der Waals surface area contributed by atoms with Gasteiger partial charge in [-0.3, -0.25) is 24.1 Å². The monoisotopic (exact) mass is 802 g/mol. The van der Waals surface area contributed by atoms with E-state index in [1.165, 1.54) is 13.8 Å². The Balaban J connectivity index is 0.000000355. The van der Waals surface area contributed by atoms with E-state index in [0.717, 1.165) is 9.36 Å². The van der Waals surface area contributed by atoms with Crippen molar-refractivity contribution in [1.29, 1.82) is 0 Å². The van der Waals surface area contributed by atoms with Gasteiger partial charge in [0.05, 0.1) is 45.4 Å². The van der Waals surface area contributed by atoms with Crippen LogP contribution in [-0.2, 0) is 56.0 Å². The second-order valence-electron chi connectivity index (χ2n) is 8.42. The molecule has 3 rings (SSSR count). The normalized spacial score (nSPS) is 11.8. The molecule has 0 unspecified atom stereocenters. The molecule has 0 saturated carbocycles. The maximum atomic E-state index is 12.6. The number of esters is 2. The highest BCUT2D eigenvalue weighted by molar-refractivity contribution is 9.08. The van der Waals surface area contributed by atoms with E-state index in [0.29, 0.717) is 0 Å². The van der Waals surface area contributed by atoms with Crippen molar-refractivity contribution in [2.24, 2.45) is 0 Å². The van der Waals surface area contributed by atoms with Crippen molar-refractivity contribution in [3.05, 3.63) is 49.2 Å². The zero-order chi connectivity index (χ0) is 35.8. The summed E-state index contributed by atoms with van der Waals surface area (Å²) in [7, 11) is 0. The number of nitrogens with one attached hydrogen (secondary N) is 1. The Morgan fingerprint density at radius 3 is 1.48 bits per heavy atom. The molecule has 3 aromatic rings. The molecule has 0 aliphatic carbocycles.